The molecule has 0 heterocycles. The van der Waals surface area contributed by atoms with Crippen LogP contribution in [0, 0.1) is 0 Å². The van der Waals surface area contributed by atoms with Crippen molar-refractivity contribution in [1.82, 2.24) is 0 Å². The molecule has 0 amide bonds. The van der Waals surface area contributed by atoms with Crippen LogP contribution in [0.2, 0.25) is 0 Å². The first-order chi connectivity index (χ1) is 26.4. The van der Waals surface area contributed by atoms with Crippen molar-refractivity contribution in [2.45, 2.75) is 207 Å². The highest BCUT2D eigenvalue weighted by molar-refractivity contribution is 5.93. The second-order valence-electron chi connectivity index (χ2n) is 14.6. The van der Waals surface area contributed by atoms with Gasteiger partial charge in [-0.15, -0.1) is 0 Å². The zero-order chi connectivity index (χ0) is 39.7. The van der Waals surface area contributed by atoms with Crippen LogP contribution < -0.4 is 0 Å². The number of carbonyl (C=O) groups excluding carboxylic acids is 4. The molecule has 0 aliphatic heterocycles. The molecule has 8 nitrogen and oxygen atoms in total. The third-order valence-corrected chi connectivity index (χ3v) is 9.35. The molecule has 0 aliphatic carbocycles. The van der Waals surface area contributed by atoms with E-state index in [1.807, 2.05) is 0 Å². The Balaban J connectivity index is 0.00000104. The highest BCUT2D eigenvalue weighted by Gasteiger charge is 2.11. The fraction of sp³-hybridized carbons (Fsp3) is 0.783. The Kier molecular flexibility index (Phi) is 37.6. The summed E-state index contributed by atoms with van der Waals surface area (Å²) in [4.78, 5) is 47.3. The van der Waals surface area contributed by atoms with E-state index in [0.717, 1.165) is 51.4 Å². The van der Waals surface area contributed by atoms with Crippen LogP contribution in [0.25, 0.3) is 0 Å². The summed E-state index contributed by atoms with van der Waals surface area (Å²) in [5, 5.41) is 0. The standard InChI is InChI=1S/C24H38O4.C22H42O4/c1-3-5-7-9-11-13-19-27-23(25)21-15-17-22(18-16-21)24(26)28-20-14-12-10-8-6-4-2;1-3-5-7-9-11-15-19-25-21(23)17-13-14-18-22(24)26-20-16-12-10-8-6-4-2/h15-18H,3-14,19-20H2,1-2H3;3-20H2,1-2H3. The fourth-order valence-corrected chi connectivity index (χ4v) is 5.82. The lowest BCUT2D eigenvalue weighted by atomic mass is 10.1. The monoisotopic (exact) mass is 761 g/mol. The van der Waals surface area contributed by atoms with E-state index in [-0.39, 0.29) is 23.9 Å². The molecule has 0 aromatic heterocycles. The molecule has 8 heteroatoms. The van der Waals surface area contributed by atoms with Crippen LogP contribution in [0.5, 0.6) is 0 Å². The average Bonchev–Trinajstić information content (AvgIpc) is 3.18. The molecule has 1 aromatic rings. The molecule has 0 N–H and O–H groups in total. The van der Waals surface area contributed by atoms with Gasteiger partial charge in [0.2, 0.25) is 0 Å². The fourth-order valence-electron chi connectivity index (χ4n) is 5.82. The predicted molar refractivity (Wildman–Crippen MR) is 221 cm³/mol. The third kappa shape index (κ3) is 33.7. The second-order valence-corrected chi connectivity index (χ2v) is 14.6. The van der Waals surface area contributed by atoms with Crippen molar-refractivity contribution in [2.75, 3.05) is 26.4 Å². The molecule has 0 spiro atoms. The molecule has 1 aromatic carbocycles. The first-order valence-corrected chi connectivity index (χ1v) is 22.1. The minimum Gasteiger partial charge on any atom is -0.466 e. The molecule has 0 aliphatic rings. The van der Waals surface area contributed by atoms with E-state index in [4.69, 9.17) is 18.9 Å². The zero-order valence-electron chi connectivity index (χ0n) is 35.2. The molecule has 312 valence electrons. The number of hydrogen-bond acceptors (Lipinski definition) is 8. The molecule has 0 bridgehead atoms. The third-order valence-electron chi connectivity index (χ3n) is 9.35. The molecular weight excluding hydrogens is 680 g/mol. The van der Waals surface area contributed by atoms with E-state index >= 15 is 0 Å². The number of hydrogen-bond donors (Lipinski definition) is 0. The van der Waals surface area contributed by atoms with E-state index in [2.05, 4.69) is 27.7 Å². The van der Waals surface area contributed by atoms with Crippen molar-refractivity contribution in [3.8, 4) is 0 Å². The second kappa shape index (κ2) is 39.8. The molecule has 0 fully saturated rings. The summed E-state index contributed by atoms with van der Waals surface area (Å²) in [6, 6.07) is 6.52. The smallest absolute Gasteiger partial charge is 0.338 e. The lowest BCUT2D eigenvalue weighted by Gasteiger charge is -2.07. The van der Waals surface area contributed by atoms with Crippen molar-refractivity contribution < 1.29 is 38.1 Å². The van der Waals surface area contributed by atoms with Crippen LogP contribution >= 0.6 is 0 Å². The number of rotatable bonds is 35. The maximum atomic E-state index is 12.0. The Labute approximate surface area is 330 Å². The van der Waals surface area contributed by atoms with Crippen LogP contribution in [0.4, 0.5) is 0 Å². The van der Waals surface area contributed by atoms with Crippen LogP contribution in [-0.4, -0.2) is 50.3 Å². The van der Waals surface area contributed by atoms with Gasteiger partial charge in [-0.2, -0.15) is 0 Å². The van der Waals surface area contributed by atoms with E-state index in [1.165, 1.54) is 103 Å². The summed E-state index contributed by atoms with van der Waals surface area (Å²) in [5.74, 6) is -0.945. The van der Waals surface area contributed by atoms with Gasteiger partial charge >= 0.3 is 23.9 Å². The maximum absolute atomic E-state index is 12.0. The summed E-state index contributed by atoms with van der Waals surface area (Å²) in [6.07, 6.45) is 30.4. The Hall–Kier alpha value is -2.90. The van der Waals surface area contributed by atoms with Crippen molar-refractivity contribution in [3.63, 3.8) is 0 Å². The van der Waals surface area contributed by atoms with Crippen molar-refractivity contribution in [1.29, 1.82) is 0 Å². The van der Waals surface area contributed by atoms with Gasteiger partial charge in [0.25, 0.3) is 0 Å². The minimum atomic E-state index is -0.333. The molecule has 0 saturated carbocycles. The summed E-state index contributed by atoms with van der Waals surface area (Å²) < 4.78 is 21.0. The van der Waals surface area contributed by atoms with E-state index < -0.39 is 0 Å². The van der Waals surface area contributed by atoms with E-state index in [9.17, 15) is 19.2 Å². The normalized spacial score (nSPS) is 10.7. The van der Waals surface area contributed by atoms with Crippen molar-refractivity contribution in [3.05, 3.63) is 35.4 Å². The predicted octanol–water partition coefficient (Wildman–Crippen LogP) is 13.1. The van der Waals surface area contributed by atoms with E-state index in [1.54, 1.807) is 24.3 Å². The highest BCUT2D eigenvalue weighted by atomic mass is 16.5. The lowest BCUT2D eigenvalue weighted by Crippen LogP contribution is -2.09. The Bertz CT molecular complexity index is 941. The average molecular weight is 761 g/mol. The molecule has 0 unspecified atom stereocenters. The number of ether oxygens (including phenoxy) is 4. The molecule has 1 rings (SSSR count). The summed E-state index contributed by atoms with van der Waals surface area (Å²) in [5.41, 5.74) is 0.942. The molecule has 54 heavy (non-hydrogen) atoms. The van der Waals surface area contributed by atoms with Gasteiger partial charge in [-0.1, -0.05) is 156 Å². The topological polar surface area (TPSA) is 105 Å². The first kappa shape index (κ1) is 51.1. The zero-order valence-corrected chi connectivity index (χ0v) is 35.2. The van der Waals surface area contributed by atoms with Crippen LogP contribution in [-0.2, 0) is 28.5 Å². The van der Waals surface area contributed by atoms with Gasteiger partial charge in [0.1, 0.15) is 0 Å². The summed E-state index contributed by atoms with van der Waals surface area (Å²) >= 11 is 0. The van der Waals surface area contributed by atoms with Gasteiger partial charge in [-0.05, 0) is 62.8 Å². The van der Waals surface area contributed by atoms with Gasteiger partial charge in [-0.25, -0.2) is 9.59 Å². The Morgan fingerprint density at radius 2 is 0.574 bits per heavy atom. The van der Waals surface area contributed by atoms with Gasteiger partial charge < -0.3 is 18.9 Å². The quantitative estimate of drug-likeness (QED) is 0.0382. The number of esters is 4. The summed E-state index contributed by atoms with van der Waals surface area (Å²) in [6.45, 7) is 10.8. The van der Waals surface area contributed by atoms with Crippen molar-refractivity contribution >= 4 is 23.9 Å². The van der Waals surface area contributed by atoms with Gasteiger partial charge in [-0.3, -0.25) is 9.59 Å². The number of benzene rings is 1. The van der Waals surface area contributed by atoms with E-state index in [0.29, 0.717) is 63.2 Å². The number of unbranched alkanes of at least 4 members (excludes halogenated alkanes) is 21. The number of carbonyl (C=O) groups is 4. The highest BCUT2D eigenvalue weighted by Crippen LogP contribution is 2.12. The first-order valence-electron chi connectivity index (χ1n) is 22.1. The summed E-state index contributed by atoms with van der Waals surface area (Å²) in [7, 11) is 0. The van der Waals surface area contributed by atoms with Gasteiger partial charge in [0.05, 0.1) is 37.6 Å². The molecule has 0 saturated heterocycles. The SMILES string of the molecule is CCCCCCCCOC(=O)CCCCC(=O)OCCCCCCCC.CCCCCCCCOC(=O)c1ccc(C(=O)OCCCCCCCC)cc1. The van der Waals surface area contributed by atoms with Crippen molar-refractivity contribution in [2.24, 2.45) is 0 Å². The molecular formula is C46H80O8. The molecule has 0 atom stereocenters. The van der Waals surface area contributed by atoms with Crippen LogP contribution in [0.3, 0.4) is 0 Å². The maximum Gasteiger partial charge on any atom is 0.338 e. The van der Waals surface area contributed by atoms with Crippen LogP contribution in [0.15, 0.2) is 24.3 Å². The minimum absolute atomic E-state index is 0.140. The van der Waals surface area contributed by atoms with Crippen LogP contribution in [0.1, 0.15) is 228 Å². The Morgan fingerprint density at radius 3 is 0.852 bits per heavy atom. The lowest BCUT2D eigenvalue weighted by molar-refractivity contribution is -0.146. The van der Waals surface area contributed by atoms with Gasteiger partial charge in [0.15, 0.2) is 0 Å². The van der Waals surface area contributed by atoms with Gasteiger partial charge in [0, 0.05) is 12.8 Å². The molecule has 0 radical (unpaired) electrons. The largest absolute Gasteiger partial charge is 0.466 e. The Morgan fingerprint density at radius 1 is 0.333 bits per heavy atom.